The number of anilines is 1. The lowest BCUT2D eigenvalue weighted by Gasteiger charge is -2.23. The van der Waals surface area contributed by atoms with Gasteiger partial charge in [0.25, 0.3) is 0 Å². The molecule has 0 atom stereocenters. The molecule has 0 spiro atoms. The van der Waals surface area contributed by atoms with Crippen molar-refractivity contribution in [2.75, 3.05) is 11.4 Å². The Labute approximate surface area is 118 Å². The number of hydrogen-bond acceptors (Lipinski definition) is 3. The molecule has 1 fully saturated rings. The molecule has 1 aromatic heterocycles. The van der Waals surface area contributed by atoms with Crippen LogP contribution in [0.1, 0.15) is 26.2 Å². The van der Waals surface area contributed by atoms with Crippen LogP contribution in [0.5, 0.6) is 0 Å². The highest BCUT2D eigenvalue weighted by molar-refractivity contribution is 7.71. The van der Waals surface area contributed by atoms with E-state index in [1.165, 1.54) is 12.8 Å². The molecule has 1 heterocycles. The maximum Gasteiger partial charge on any atom is 0.230 e. The first-order valence-electron chi connectivity index (χ1n) is 6.80. The van der Waals surface area contributed by atoms with Crippen molar-refractivity contribution in [2.45, 2.75) is 32.2 Å². The lowest BCUT2D eigenvalue weighted by Crippen LogP contribution is -2.29. The van der Waals surface area contributed by atoms with Crippen molar-refractivity contribution < 1.29 is 0 Å². The van der Waals surface area contributed by atoms with Crippen molar-refractivity contribution >= 4 is 18.2 Å². The van der Waals surface area contributed by atoms with E-state index in [9.17, 15) is 0 Å². The number of aromatic nitrogens is 3. The molecule has 19 heavy (non-hydrogen) atoms. The Morgan fingerprint density at radius 3 is 2.74 bits per heavy atom. The van der Waals surface area contributed by atoms with E-state index in [-0.39, 0.29) is 0 Å². The molecule has 100 valence electrons. The quantitative estimate of drug-likeness (QED) is 0.850. The van der Waals surface area contributed by atoms with Crippen LogP contribution in [0.2, 0.25) is 0 Å². The predicted molar refractivity (Wildman–Crippen MR) is 79.4 cm³/mol. The SMILES string of the molecule is CCCN(c1n[nH]c(=S)n1-c1ccccc1)C1CC1. The van der Waals surface area contributed by atoms with Gasteiger partial charge in [0.1, 0.15) is 0 Å². The monoisotopic (exact) mass is 274 g/mol. The van der Waals surface area contributed by atoms with Crippen molar-refractivity contribution in [3.63, 3.8) is 0 Å². The van der Waals surface area contributed by atoms with Crippen molar-refractivity contribution in [1.82, 2.24) is 14.8 Å². The number of rotatable bonds is 5. The first kappa shape index (κ1) is 12.4. The van der Waals surface area contributed by atoms with Crippen LogP contribution in [0.3, 0.4) is 0 Å². The smallest absolute Gasteiger partial charge is 0.230 e. The third-order valence-corrected chi connectivity index (χ3v) is 3.65. The first-order chi connectivity index (χ1) is 9.31. The lowest BCUT2D eigenvalue weighted by molar-refractivity contribution is 0.724. The fourth-order valence-electron chi connectivity index (χ4n) is 2.36. The second-order valence-corrected chi connectivity index (χ2v) is 5.31. The molecule has 0 bridgehead atoms. The summed E-state index contributed by atoms with van der Waals surface area (Å²) in [5, 5.41) is 7.38. The summed E-state index contributed by atoms with van der Waals surface area (Å²) < 4.78 is 2.69. The Morgan fingerprint density at radius 2 is 2.11 bits per heavy atom. The van der Waals surface area contributed by atoms with E-state index in [4.69, 9.17) is 12.2 Å². The summed E-state index contributed by atoms with van der Waals surface area (Å²) in [4.78, 5) is 2.37. The molecule has 1 aliphatic rings. The van der Waals surface area contributed by atoms with Crippen molar-refractivity contribution in [3.8, 4) is 5.69 Å². The summed E-state index contributed by atoms with van der Waals surface area (Å²) in [5.41, 5.74) is 1.07. The molecule has 1 N–H and O–H groups in total. The molecule has 0 amide bonds. The van der Waals surface area contributed by atoms with E-state index in [1.54, 1.807) is 0 Å². The molecule has 2 aromatic rings. The van der Waals surface area contributed by atoms with E-state index in [0.29, 0.717) is 10.8 Å². The molecule has 1 aromatic carbocycles. The fourth-order valence-corrected chi connectivity index (χ4v) is 2.60. The Hall–Kier alpha value is -1.62. The molecule has 1 aliphatic carbocycles. The van der Waals surface area contributed by atoms with Crippen LogP contribution in [0.15, 0.2) is 30.3 Å². The third-order valence-electron chi connectivity index (χ3n) is 3.38. The Kier molecular flexibility index (Phi) is 3.38. The van der Waals surface area contributed by atoms with Gasteiger partial charge in [-0.1, -0.05) is 25.1 Å². The van der Waals surface area contributed by atoms with Crippen LogP contribution in [-0.2, 0) is 0 Å². The molecule has 5 heteroatoms. The molecule has 0 unspecified atom stereocenters. The summed E-state index contributed by atoms with van der Waals surface area (Å²) in [6, 6.07) is 10.8. The fraction of sp³-hybridized carbons (Fsp3) is 0.429. The zero-order valence-electron chi connectivity index (χ0n) is 11.0. The van der Waals surface area contributed by atoms with Gasteiger partial charge in [0.05, 0.1) is 5.69 Å². The van der Waals surface area contributed by atoms with Crippen LogP contribution < -0.4 is 4.90 Å². The molecular formula is C14H18N4S. The average molecular weight is 274 g/mol. The van der Waals surface area contributed by atoms with Gasteiger partial charge in [0.2, 0.25) is 10.7 Å². The molecule has 1 saturated carbocycles. The van der Waals surface area contributed by atoms with Gasteiger partial charge in [0.15, 0.2) is 0 Å². The highest BCUT2D eigenvalue weighted by Gasteiger charge is 2.31. The Bertz CT molecular complexity index is 597. The number of H-pyrrole nitrogens is 1. The van der Waals surface area contributed by atoms with Gasteiger partial charge in [-0.15, -0.1) is 5.10 Å². The number of aromatic amines is 1. The average Bonchev–Trinajstić information content (AvgIpc) is 3.20. The molecule has 0 radical (unpaired) electrons. The standard InChI is InChI=1S/C14H18N4S/c1-2-10-17(11-8-9-11)13-15-16-14(19)18(13)12-6-4-3-5-7-12/h3-7,11H,2,8-10H2,1H3,(H,16,19). The van der Waals surface area contributed by atoms with Gasteiger partial charge in [-0.2, -0.15) is 0 Å². The summed E-state index contributed by atoms with van der Waals surface area (Å²) >= 11 is 5.38. The van der Waals surface area contributed by atoms with E-state index in [2.05, 4.69) is 34.2 Å². The van der Waals surface area contributed by atoms with Crippen LogP contribution in [-0.4, -0.2) is 27.4 Å². The van der Waals surface area contributed by atoms with E-state index < -0.39 is 0 Å². The van der Waals surface area contributed by atoms with Gasteiger partial charge in [0, 0.05) is 12.6 Å². The molecule has 0 aliphatic heterocycles. The second-order valence-electron chi connectivity index (χ2n) is 4.92. The predicted octanol–water partition coefficient (Wildman–Crippen LogP) is 3.31. The van der Waals surface area contributed by atoms with Crippen LogP contribution in [0, 0.1) is 4.77 Å². The third kappa shape index (κ3) is 2.42. The normalized spacial score (nSPS) is 14.6. The van der Waals surface area contributed by atoms with Gasteiger partial charge in [-0.3, -0.25) is 4.57 Å². The number of nitrogens with zero attached hydrogens (tertiary/aromatic N) is 3. The maximum atomic E-state index is 5.38. The summed E-state index contributed by atoms with van der Waals surface area (Å²) in [6.07, 6.45) is 3.63. The van der Waals surface area contributed by atoms with Gasteiger partial charge >= 0.3 is 0 Å². The molecule has 0 saturated heterocycles. The van der Waals surface area contributed by atoms with E-state index >= 15 is 0 Å². The maximum absolute atomic E-state index is 5.38. The van der Waals surface area contributed by atoms with E-state index in [0.717, 1.165) is 24.6 Å². The van der Waals surface area contributed by atoms with Gasteiger partial charge in [-0.05, 0) is 43.6 Å². The minimum absolute atomic E-state index is 0.632. The molecule has 3 rings (SSSR count). The largest absolute Gasteiger partial charge is 0.338 e. The molecular weight excluding hydrogens is 256 g/mol. The van der Waals surface area contributed by atoms with Crippen LogP contribution in [0.25, 0.3) is 5.69 Å². The number of hydrogen-bond donors (Lipinski definition) is 1. The lowest BCUT2D eigenvalue weighted by atomic mass is 10.3. The Balaban J connectivity index is 2.05. The number of para-hydroxylation sites is 1. The highest BCUT2D eigenvalue weighted by Crippen LogP contribution is 2.31. The first-order valence-corrected chi connectivity index (χ1v) is 7.21. The number of nitrogens with one attached hydrogen (secondary N) is 1. The zero-order valence-corrected chi connectivity index (χ0v) is 11.9. The molecule has 4 nitrogen and oxygen atoms in total. The van der Waals surface area contributed by atoms with Crippen molar-refractivity contribution in [3.05, 3.63) is 35.1 Å². The summed E-state index contributed by atoms with van der Waals surface area (Å²) in [5.74, 6) is 0.945. The van der Waals surface area contributed by atoms with Crippen LogP contribution in [0.4, 0.5) is 5.95 Å². The van der Waals surface area contributed by atoms with Gasteiger partial charge < -0.3 is 4.90 Å². The zero-order chi connectivity index (χ0) is 13.2. The minimum atomic E-state index is 0.632. The topological polar surface area (TPSA) is 36.9 Å². The Morgan fingerprint density at radius 1 is 1.37 bits per heavy atom. The van der Waals surface area contributed by atoms with Crippen molar-refractivity contribution in [2.24, 2.45) is 0 Å². The van der Waals surface area contributed by atoms with E-state index in [1.807, 2.05) is 22.8 Å². The summed E-state index contributed by atoms with van der Waals surface area (Å²) in [7, 11) is 0. The minimum Gasteiger partial charge on any atom is -0.338 e. The highest BCUT2D eigenvalue weighted by atomic mass is 32.1. The van der Waals surface area contributed by atoms with Gasteiger partial charge in [-0.25, -0.2) is 5.10 Å². The van der Waals surface area contributed by atoms with Crippen LogP contribution >= 0.6 is 12.2 Å². The number of benzene rings is 1. The summed E-state index contributed by atoms with van der Waals surface area (Å²) in [6.45, 7) is 3.22. The van der Waals surface area contributed by atoms with Crippen molar-refractivity contribution in [1.29, 1.82) is 0 Å². The second kappa shape index (κ2) is 5.17.